The molecule has 0 saturated carbocycles. The first kappa shape index (κ1) is 13.7. The van der Waals surface area contributed by atoms with Gasteiger partial charge >= 0.3 is 0 Å². The van der Waals surface area contributed by atoms with E-state index in [1.54, 1.807) is 6.07 Å². The van der Waals surface area contributed by atoms with Gasteiger partial charge in [0.15, 0.2) is 0 Å². The molecule has 2 rings (SSSR count). The monoisotopic (exact) mass is 301 g/mol. The van der Waals surface area contributed by atoms with Gasteiger partial charge < -0.3 is 5.32 Å². The summed E-state index contributed by atoms with van der Waals surface area (Å²) >= 11 is 13.6. The SMILES string of the molecule is CC(C)NCc1snnc1-c1cccc(Cl)c1Cl. The van der Waals surface area contributed by atoms with Crippen LogP contribution in [0.5, 0.6) is 0 Å². The summed E-state index contributed by atoms with van der Waals surface area (Å²) in [5.41, 5.74) is 1.64. The van der Waals surface area contributed by atoms with Crippen LogP contribution in [0.4, 0.5) is 0 Å². The van der Waals surface area contributed by atoms with Crippen LogP contribution in [0.2, 0.25) is 10.0 Å². The standard InChI is InChI=1S/C12H13Cl2N3S/c1-7(2)15-6-10-12(16-17-18-10)8-4-3-5-9(13)11(8)14/h3-5,7,15H,6H2,1-2H3. The normalized spacial score (nSPS) is 11.2. The maximum Gasteiger partial charge on any atom is 0.111 e. The second kappa shape index (κ2) is 5.97. The molecular formula is C12H13Cl2N3S. The molecule has 0 saturated heterocycles. The number of aromatic nitrogens is 2. The molecule has 6 heteroatoms. The van der Waals surface area contributed by atoms with Crippen LogP contribution in [0, 0.1) is 0 Å². The van der Waals surface area contributed by atoms with E-state index in [1.807, 2.05) is 12.1 Å². The zero-order valence-corrected chi connectivity index (χ0v) is 12.4. The first-order valence-corrected chi connectivity index (χ1v) is 7.11. The van der Waals surface area contributed by atoms with Gasteiger partial charge in [-0.1, -0.05) is 53.7 Å². The van der Waals surface area contributed by atoms with E-state index in [9.17, 15) is 0 Å². The summed E-state index contributed by atoms with van der Waals surface area (Å²) in [6.45, 7) is 4.93. The fourth-order valence-electron chi connectivity index (χ4n) is 1.51. The molecule has 0 bridgehead atoms. The van der Waals surface area contributed by atoms with Gasteiger partial charge in [0.05, 0.1) is 14.9 Å². The first-order chi connectivity index (χ1) is 8.59. The molecule has 1 heterocycles. The first-order valence-electron chi connectivity index (χ1n) is 5.58. The van der Waals surface area contributed by atoms with Crippen molar-refractivity contribution in [3.05, 3.63) is 33.1 Å². The molecule has 0 amide bonds. The van der Waals surface area contributed by atoms with Crippen molar-refractivity contribution < 1.29 is 0 Å². The molecule has 1 N–H and O–H groups in total. The van der Waals surface area contributed by atoms with Gasteiger partial charge in [0, 0.05) is 18.2 Å². The Bertz CT molecular complexity index is 540. The highest BCUT2D eigenvalue weighted by Gasteiger charge is 2.15. The van der Waals surface area contributed by atoms with Crippen LogP contribution in [0.1, 0.15) is 18.7 Å². The van der Waals surface area contributed by atoms with E-state index in [-0.39, 0.29) is 0 Å². The van der Waals surface area contributed by atoms with Crippen LogP contribution >= 0.6 is 34.7 Å². The number of nitrogens with zero attached hydrogens (tertiary/aromatic N) is 2. The van der Waals surface area contributed by atoms with Crippen molar-refractivity contribution in [1.29, 1.82) is 0 Å². The molecular weight excluding hydrogens is 289 g/mol. The Labute approximate surface area is 120 Å². The molecule has 0 aliphatic rings. The third-order valence-electron chi connectivity index (χ3n) is 2.43. The number of halogens is 2. The van der Waals surface area contributed by atoms with E-state index < -0.39 is 0 Å². The Balaban J connectivity index is 2.33. The highest BCUT2D eigenvalue weighted by Crippen LogP contribution is 2.34. The zero-order chi connectivity index (χ0) is 13.1. The minimum absolute atomic E-state index is 0.412. The number of hydrogen-bond donors (Lipinski definition) is 1. The Morgan fingerprint density at radius 2 is 2.11 bits per heavy atom. The molecule has 0 radical (unpaired) electrons. The van der Waals surface area contributed by atoms with E-state index in [1.165, 1.54) is 11.5 Å². The molecule has 0 aliphatic heterocycles. The fourth-order valence-corrected chi connectivity index (χ4v) is 2.51. The number of benzene rings is 1. The van der Waals surface area contributed by atoms with E-state index in [2.05, 4.69) is 28.8 Å². The van der Waals surface area contributed by atoms with Crippen molar-refractivity contribution in [2.24, 2.45) is 0 Å². The molecule has 0 atom stereocenters. The minimum Gasteiger partial charge on any atom is -0.310 e. The Hall–Kier alpha value is -0.680. The maximum absolute atomic E-state index is 6.20. The topological polar surface area (TPSA) is 37.8 Å². The molecule has 0 fully saturated rings. The molecule has 0 unspecified atom stereocenters. The quantitative estimate of drug-likeness (QED) is 0.927. The Morgan fingerprint density at radius 3 is 2.83 bits per heavy atom. The van der Waals surface area contributed by atoms with Crippen molar-refractivity contribution in [3.63, 3.8) is 0 Å². The van der Waals surface area contributed by atoms with Crippen LogP contribution in [0.15, 0.2) is 18.2 Å². The summed E-state index contributed by atoms with van der Waals surface area (Å²) in [5.74, 6) is 0. The van der Waals surface area contributed by atoms with Crippen LogP contribution in [-0.4, -0.2) is 15.6 Å². The van der Waals surface area contributed by atoms with Gasteiger partial charge in [0.2, 0.25) is 0 Å². The lowest BCUT2D eigenvalue weighted by Crippen LogP contribution is -2.21. The number of nitrogens with one attached hydrogen (secondary N) is 1. The van der Waals surface area contributed by atoms with Gasteiger partial charge in [0.1, 0.15) is 5.69 Å². The van der Waals surface area contributed by atoms with Gasteiger partial charge in [-0.15, -0.1) is 5.10 Å². The van der Waals surface area contributed by atoms with Gasteiger partial charge in [-0.3, -0.25) is 0 Å². The van der Waals surface area contributed by atoms with Crippen LogP contribution in [-0.2, 0) is 6.54 Å². The summed E-state index contributed by atoms with van der Waals surface area (Å²) in [6.07, 6.45) is 0. The second-order valence-electron chi connectivity index (χ2n) is 4.18. The second-order valence-corrected chi connectivity index (χ2v) is 5.81. The van der Waals surface area contributed by atoms with E-state index in [4.69, 9.17) is 23.2 Å². The van der Waals surface area contributed by atoms with E-state index in [0.717, 1.165) is 22.7 Å². The Kier molecular flexibility index (Phi) is 4.56. The molecule has 3 nitrogen and oxygen atoms in total. The van der Waals surface area contributed by atoms with Crippen molar-refractivity contribution in [2.45, 2.75) is 26.4 Å². The highest BCUT2D eigenvalue weighted by atomic mass is 35.5. The van der Waals surface area contributed by atoms with Crippen molar-refractivity contribution >= 4 is 34.7 Å². The highest BCUT2D eigenvalue weighted by molar-refractivity contribution is 7.06. The molecule has 0 aliphatic carbocycles. The maximum atomic E-state index is 6.20. The van der Waals surface area contributed by atoms with E-state index >= 15 is 0 Å². The summed E-state index contributed by atoms with van der Waals surface area (Å²) in [5, 5.41) is 8.56. The average Bonchev–Trinajstić information content (AvgIpc) is 2.78. The third kappa shape index (κ3) is 3.01. The van der Waals surface area contributed by atoms with Crippen LogP contribution in [0.3, 0.4) is 0 Å². The van der Waals surface area contributed by atoms with Crippen molar-refractivity contribution in [1.82, 2.24) is 14.9 Å². The Morgan fingerprint density at radius 1 is 1.33 bits per heavy atom. The predicted octanol–water partition coefficient (Wildman–Crippen LogP) is 4.01. The summed E-state index contributed by atoms with van der Waals surface area (Å²) in [6, 6.07) is 5.95. The van der Waals surface area contributed by atoms with Crippen LogP contribution in [0.25, 0.3) is 11.3 Å². The molecule has 96 valence electrons. The van der Waals surface area contributed by atoms with Crippen molar-refractivity contribution in [3.8, 4) is 11.3 Å². The third-order valence-corrected chi connectivity index (χ3v) is 3.97. The molecule has 1 aromatic carbocycles. The molecule has 2 aromatic rings. The van der Waals surface area contributed by atoms with Gasteiger partial charge in [-0.25, -0.2) is 0 Å². The van der Waals surface area contributed by atoms with Crippen LogP contribution < -0.4 is 5.32 Å². The number of rotatable bonds is 4. The van der Waals surface area contributed by atoms with Gasteiger partial charge in [0.25, 0.3) is 0 Å². The summed E-state index contributed by atoms with van der Waals surface area (Å²) in [4.78, 5) is 1.06. The lowest BCUT2D eigenvalue weighted by molar-refractivity contribution is 0.593. The molecule has 0 spiro atoms. The van der Waals surface area contributed by atoms with E-state index in [0.29, 0.717) is 16.1 Å². The summed E-state index contributed by atoms with van der Waals surface area (Å²) in [7, 11) is 0. The summed E-state index contributed by atoms with van der Waals surface area (Å²) < 4.78 is 4.00. The van der Waals surface area contributed by atoms with Gasteiger partial charge in [-0.05, 0) is 17.6 Å². The lowest BCUT2D eigenvalue weighted by Gasteiger charge is -2.08. The van der Waals surface area contributed by atoms with Gasteiger partial charge in [-0.2, -0.15) is 0 Å². The fraction of sp³-hybridized carbons (Fsp3) is 0.333. The molecule has 1 aromatic heterocycles. The lowest BCUT2D eigenvalue weighted by atomic mass is 10.1. The molecule has 18 heavy (non-hydrogen) atoms. The zero-order valence-electron chi connectivity index (χ0n) is 10.1. The minimum atomic E-state index is 0.412. The number of hydrogen-bond acceptors (Lipinski definition) is 4. The predicted molar refractivity (Wildman–Crippen MR) is 77.3 cm³/mol. The smallest absolute Gasteiger partial charge is 0.111 e. The van der Waals surface area contributed by atoms with Crippen molar-refractivity contribution in [2.75, 3.05) is 0 Å². The average molecular weight is 302 g/mol. The largest absolute Gasteiger partial charge is 0.310 e.